The number of benzene rings is 1. The number of nitrogens with zero attached hydrogens (tertiary/aromatic N) is 4. The minimum Gasteiger partial charge on any atom is -0.493 e. The second-order valence-electron chi connectivity index (χ2n) is 9.21. The van der Waals surface area contributed by atoms with Crippen LogP contribution in [0.15, 0.2) is 42.7 Å². The lowest BCUT2D eigenvalue weighted by Gasteiger charge is -2.43. The average molecular weight is 489 g/mol. The van der Waals surface area contributed by atoms with Gasteiger partial charge in [0.05, 0.1) is 19.8 Å². The van der Waals surface area contributed by atoms with Crippen molar-refractivity contribution in [3.05, 3.63) is 47.7 Å². The van der Waals surface area contributed by atoms with E-state index < -0.39 is 5.41 Å². The van der Waals surface area contributed by atoms with Crippen molar-refractivity contribution in [1.82, 2.24) is 19.6 Å². The van der Waals surface area contributed by atoms with Crippen LogP contribution in [0.25, 0.3) is 0 Å². The van der Waals surface area contributed by atoms with Crippen molar-refractivity contribution in [3.8, 4) is 5.75 Å². The number of hydrogen-bond donors (Lipinski definition) is 0. The van der Waals surface area contributed by atoms with E-state index in [1.807, 2.05) is 38.9 Å². The van der Waals surface area contributed by atoms with Gasteiger partial charge >= 0.3 is 0 Å². The van der Waals surface area contributed by atoms with Gasteiger partial charge in [-0.15, -0.1) is 0 Å². The molecule has 0 spiro atoms. The van der Waals surface area contributed by atoms with Crippen LogP contribution in [0.2, 0.25) is 5.02 Å². The third kappa shape index (κ3) is 6.73. The number of hydrogen-bond acceptors (Lipinski definition) is 5. The first kappa shape index (κ1) is 24.5. The average Bonchev–Trinajstić information content (AvgIpc) is 3.37. The quantitative estimate of drug-likeness (QED) is 0.541. The molecule has 2 saturated heterocycles. The Hall–Kier alpha value is -2.58. The van der Waals surface area contributed by atoms with Gasteiger partial charge in [0.15, 0.2) is 0 Å². The predicted molar refractivity (Wildman–Crippen MR) is 129 cm³/mol. The first-order valence-corrected chi connectivity index (χ1v) is 12.4. The van der Waals surface area contributed by atoms with Gasteiger partial charge in [0, 0.05) is 68.4 Å². The summed E-state index contributed by atoms with van der Waals surface area (Å²) in [6, 6.07) is 9.17. The maximum atomic E-state index is 13.2. The molecule has 0 radical (unpaired) electrons. The lowest BCUT2D eigenvalue weighted by Crippen LogP contribution is -2.52. The lowest BCUT2D eigenvalue weighted by molar-refractivity contribution is -0.144. The van der Waals surface area contributed by atoms with Gasteiger partial charge in [0.1, 0.15) is 5.75 Å². The van der Waals surface area contributed by atoms with Gasteiger partial charge in [0.2, 0.25) is 11.8 Å². The highest BCUT2D eigenvalue weighted by Crippen LogP contribution is 2.36. The molecule has 0 bridgehead atoms. The fraction of sp³-hybridized carbons (Fsp3) is 0.560. The van der Waals surface area contributed by atoms with Crippen molar-refractivity contribution in [3.63, 3.8) is 0 Å². The Morgan fingerprint density at radius 3 is 2.74 bits per heavy atom. The molecule has 1 aromatic heterocycles. The van der Waals surface area contributed by atoms with Gasteiger partial charge in [-0.2, -0.15) is 5.10 Å². The molecule has 8 nitrogen and oxygen atoms in total. The number of aryl methyl sites for hydroxylation is 1. The summed E-state index contributed by atoms with van der Waals surface area (Å²) in [5.74, 6) is 0.900. The number of amides is 2. The van der Waals surface area contributed by atoms with Crippen LogP contribution in [0.5, 0.6) is 5.75 Å². The zero-order valence-electron chi connectivity index (χ0n) is 19.5. The van der Waals surface area contributed by atoms with E-state index in [1.54, 1.807) is 18.3 Å². The third-order valence-electron chi connectivity index (χ3n) is 6.58. The van der Waals surface area contributed by atoms with Crippen LogP contribution in [-0.2, 0) is 20.9 Å². The van der Waals surface area contributed by atoms with Crippen LogP contribution >= 0.6 is 11.6 Å². The van der Waals surface area contributed by atoms with Crippen molar-refractivity contribution >= 4 is 23.4 Å². The van der Waals surface area contributed by atoms with Gasteiger partial charge in [-0.05, 0) is 43.5 Å². The van der Waals surface area contributed by atoms with Crippen molar-refractivity contribution < 1.29 is 19.1 Å². The van der Waals surface area contributed by atoms with E-state index in [2.05, 4.69) is 5.10 Å². The number of likely N-dealkylation sites (tertiary alicyclic amines) is 1. The van der Waals surface area contributed by atoms with Crippen LogP contribution in [0.4, 0.5) is 0 Å². The van der Waals surface area contributed by atoms with E-state index in [0.717, 1.165) is 19.3 Å². The summed E-state index contributed by atoms with van der Waals surface area (Å²) < 4.78 is 13.4. The lowest BCUT2D eigenvalue weighted by atomic mass is 9.77. The molecule has 0 aliphatic carbocycles. The summed E-state index contributed by atoms with van der Waals surface area (Å²) >= 11 is 6.13. The standard InChI is InChI=1S/C25H33ClN4O4/c26-21-5-1-6-22(17-21)34-20-25(18-24(32)28-13-15-33-16-14-28)8-3-10-29(19-25)23(31)7-2-11-30-12-4-9-27-30/h1,4-6,9,12,17H,2-3,7-8,10-11,13-16,18-20H2. The molecule has 0 N–H and O–H groups in total. The maximum Gasteiger partial charge on any atom is 0.223 e. The van der Waals surface area contributed by atoms with Gasteiger partial charge < -0.3 is 19.3 Å². The molecule has 2 fully saturated rings. The van der Waals surface area contributed by atoms with Gasteiger partial charge in [-0.25, -0.2) is 0 Å². The highest BCUT2D eigenvalue weighted by Gasteiger charge is 2.41. The summed E-state index contributed by atoms with van der Waals surface area (Å²) in [6.07, 6.45) is 6.87. The number of morpholine rings is 1. The van der Waals surface area contributed by atoms with Crippen LogP contribution in [0, 0.1) is 5.41 Å². The zero-order chi connectivity index (χ0) is 23.8. The Bertz CT molecular complexity index is 948. The van der Waals surface area contributed by atoms with Gasteiger partial charge in [-0.1, -0.05) is 17.7 Å². The van der Waals surface area contributed by atoms with Crippen molar-refractivity contribution in [1.29, 1.82) is 0 Å². The number of halogens is 1. The van der Waals surface area contributed by atoms with Gasteiger partial charge in [0.25, 0.3) is 0 Å². The van der Waals surface area contributed by atoms with Crippen LogP contribution in [-0.4, -0.2) is 77.4 Å². The normalized spacial score (nSPS) is 20.9. The number of ether oxygens (including phenoxy) is 2. The predicted octanol–water partition coefficient (Wildman–Crippen LogP) is 3.25. The first-order chi connectivity index (χ1) is 16.5. The van der Waals surface area contributed by atoms with Crippen molar-refractivity contribution in [2.75, 3.05) is 46.0 Å². The first-order valence-electron chi connectivity index (χ1n) is 12.0. The van der Waals surface area contributed by atoms with Gasteiger partial charge in [-0.3, -0.25) is 14.3 Å². The smallest absolute Gasteiger partial charge is 0.223 e. The summed E-state index contributed by atoms with van der Waals surface area (Å²) in [5.41, 5.74) is -0.437. The SMILES string of the molecule is O=C(CC1(COc2cccc(Cl)c2)CCCN(C(=O)CCCn2cccn2)C1)N1CCOCC1. The molecule has 3 heterocycles. The van der Waals surface area contributed by atoms with Crippen molar-refractivity contribution in [2.24, 2.45) is 5.41 Å². The number of carbonyl (C=O) groups is 2. The summed E-state index contributed by atoms with van der Waals surface area (Å²) in [4.78, 5) is 30.0. The van der Waals surface area contributed by atoms with E-state index in [4.69, 9.17) is 21.1 Å². The Balaban J connectivity index is 1.41. The molecule has 184 valence electrons. The molecular formula is C25H33ClN4O4. The topological polar surface area (TPSA) is 76.9 Å². The van der Waals surface area contributed by atoms with E-state index >= 15 is 0 Å². The zero-order valence-corrected chi connectivity index (χ0v) is 20.3. The van der Waals surface area contributed by atoms with E-state index in [9.17, 15) is 9.59 Å². The second-order valence-corrected chi connectivity index (χ2v) is 9.64. The highest BCUT2D eigenvalue weighted by atomic mass is 35.5. The van der Waals surface area contributed by atoms with Crippen molar-refractivity contribution in [2.45, 2.75) is 38.6 Å². The fourth-order valence-corrected chi connectivity index (χ4v) is 4.94. The number of aromatic nitrogens is 2. The summed E-state index contributed by atoms with van der Waals surface area (Å²) in [6.45, 7) is 4.67. The molecule has 0 saturated carbocycles. The fourth-order valence-electron chi connectivity index (χ4n) is 4.76. The van der Waals surface area contributed by atoms with E-state index in [-0.39, 0.29) is 11.8 Å². The molecule has 2 aliphatic rings. The Morgan fingerprint density at radius 2 is 1.97 bits per heavy atom. The van der Waals surface area contributed by atoms with Crippen LogP contribution in [0.1, 0.15) is 32.1 Å². The van der Waals surface area contributed by atoms with E-state index in [0.29, 0.717) is 76.2 Å². The molecule has 1 atom stereocenters. The third-order valence-corrected chi connectivity index (χ3v) is 6.82. The molecule has 2 aromatic rings. The maximum absolute atomic E-state index is 13.2. The molecular weight excluding hydrogens is 456 g/mol. The molecule has 9 heteroatoms. The Labute approximate surface area is 205 Å². The molecule has 1 unspecified atom stereocenters. The molecule has 2 aliphatic heterocycles. The Morgan fingerprint density at radius 1 is 1.12 bits per heavy atom. The molecule has 34 heavy (non-hydrogen) atoms. The Kier molecular flexibility index (Phi) is 8.45. The largest absolute Gasteiger partial charge is 0.493 e. The molecule has 4 rings (SSSR count). The minimum absolute atomic E-state index is 0.103. The molecule has 2 amide bonds. The second kappa shape index (κ2) is 11.7. The number of piperidine rings is 1. The number of rotatable bonds is 9. The molecule has 1 aromatic carbocycles. The van der Waals surface area contributed by atoms with Crippen LogP contribution in [0.3, 0.4) is 0 Å². The number of carbonyl (C=O) groups excluding carboxylic acids is 2. The monoisotopic (exact) mass is 488 g/mol. The minimum atomic E-state index is -0.437. The van der Waals surface area contributed by atoms with Crippen LogP contribution < -0.4 is 4.74 Å². The summed E-state index contributed by atoms with van der Waals surface area (Å²) in [5, 5.41) is 4.81. The van der Waals surface area contributed by atoms with E-state index in [1.165, 1.54) is 0 Å². The highest BCUT2D eigenvalue weighted by molar-refractivity contribution is 6.30. The summed E-state index contributed by atoms with van der Waals surface area (Å²) in [7, 11) is 0.